The van der Waals surface area contributed by atoms with E-state index in [0.29, 0.717) is 93.2 Å². The van der Waals surface area contributed by atoms with Gasteiger partial charge in [0.1, 0.15) is 34.4 Å². The maximum absolute atomic E-state index is 13.4. The van der Waals surface area contributed by atoms with Crippen molar-refractivity contribution < 1.29 is 38.4 Å². The topological polar surface area (TPSA) is 129 Å². The van der Waals surface area contributed by atoms with Crippen LogP contribution < -0.4 is 5.32 Å². The second-order valence-corrected chi connectivity index (χ2v) is 11.1. The summed E-state index contributed by atoms with van der Waals surface area (Å²) in [5, 5.41) is 18.1. The van der Waals surface area contributed by atoms with E-state index in [0.717, 1.165) is 6.42 Å². The normalized spacial score (nSPS) is 23.6. The van der Waals surface area contributed by atoms with E-state index in [2.05, 4.69) is 15.5 Å². The minimum Gasteiger partial charge on any atom is -0.493 e. The van der Waals surface area contributed by atoms with Crippen LogP contribution >= 0.6 is 11.8 Å². The molecular formula is C28H45N3O8S. The average Bonchev–Trinajstić information content (AvgIpc) is 3.68. The van der Waals surface area contributed by atoms with Crippen LogP contribution in [0.25, 0.3) is 0 Å². The number of thioether (sulfide) groups is 1. The Labute approximate surface area is 241 Å². The van der Waals surface area contributed by atoms with E-state index < -0.39 is 17.9 Å². The fourth-order valence-corrected chi connectivity index (χ4v) is 4.98. The monoisotopic (exact) mass is 583 g/mol. The van der Waals surface area contributed by atoms with Gasteiger partial charge in [0.2, 0.25) is 12.2 Å². The lowest BCUT2D eigenvalue weighted by Gasteiger charge is -2.29. The zero-order valence-electron chi connectivity index (χ0n) is 24.2. The number of ether oxygens (including phenoxy) is 5. The van der Waals surface area contributed by atoms with Crippen molar-refractivity contribution in [3.63, 3.8) is 0 Å². The molecule has 0 saturated heterocycles. The highest BCUT2D eigenvalue weighted by molar-refractivity contribution is 8.16. The zero-order valence-corrected chi connectivity index (χ0v) is 25.0. The van der Waals surface area contributed by atoms with Crippen LogP contribution in [-0.2, 0) is 33.3 Å². The van der Waals surface area contributed by atoms with Crippen molar-refractivity contribution in [2.24, 2.45) is 16.1 Å². The molecule has 40 heavy (non-hydrogen) atoms. The van der Waals surface area contributed by atoms with Crippen molar-refractivity contribution in [1.29, 1.82) is 0 Å². The number of amides is 1. The van der Waals surface area contributed by atoms with E-state index in [4.69, 9.17) is 28.5 Å². The number of oxime groups is 1. The molecule has 2 aliphatic heterocycles. The fraction of sp³-hybridized carbons (Fsp3) is 0.750. The van der Waals surface area contributed by atoms with E-state index in [1.54, 1.807) is 26.0 Å². The minimum absolute atomic E-state index is 0.215. The van der Waals surface area contributed by atoms with Crippen molar-refractivity contribution in [3.8, 4) is 0 Å². The standard InChI is InChI=1S/C28H45N3O8S/c1-5-7-23(24-16-22(17-25(32)39-24)37-18-21-8-9-21)29-27(33)28(4)19-40-26(30-28)20(3)31-38-15-14-36-13-12-35-11-10-34-6-2/h16-17,21,23,25,32H,5-15,18-19H2,1-4H3,(H,29,33)/b31-20+/t23-,25?,28+/m1/s1. The quantitative estimate of drug-likeness (QED) is 0.126. The Morgan fingerprint density at radius 1 is 1.20 bits per heavy atom. The van der Waals surface area contributed by atoms with Gasteiger partial charge in [-0.1, -0.05) is 18.5 Å². The number of allylic oxidation sites excluding steroid dienone is 1. The Bertz CT molecular complexity index is 937. The number of carbonyl (C=O) groups excluding carboxylic acids is 1. The molecule has 0 aromatic rings. The molecule has 2 heterocycles. The smallest absolute Gasteiger partial charge is 0.249 e. The molecule has 1 amide bonds. The van der Waals surface area contributed by atoms with Crippen LogP contribution in [0.4, 0.5) is 0 Å². The summed E-state index contributed by atoms with van der Waals surface area (Å²) in [6.45, 7) is 11.7. The van der Waals surface area contributed by atoms with Gasteiger partial charge in [-0.05, 0) is 46.0 Å². The number of nitrogens with zero attached hydrogens (tertiary/aromatic N) is 2. The third-order valence-corrected chi connectivity index (χ3v) is 7.73. The van der Waals surface area contributed by atoms with Gasteiger partial charge in [-0.2, -0.15) is 0 Å². The molecule has 0 spiro atoms. The van der Waals surface area contributed by atoms with Crippen LogP contribution in [0.5, 0.6) is 0 Å². The van der Waals surface area contributed by atoms with E-state index in [-0.39, 0.29) is 5.91 Å². The highest BCUT2D eigenvalue weighted by atomic mass is 32.2. The van der Waals surface area contributed by atoms with Gasteiger partial charge in [-0.3, -0.25) is 9.79 Å². The van der Waals surface area contributed by atoms with Crippen molar-refractivity contribution in [1.82, 2.24) is 5.32 Å². The van der Waals surface area contributed by atoms with Gasteiger partial charge in [0.25, 0.3) is 0 Å². The molecule has 226 valence electrons. The molecule has 1 unspecified atom stereocenters. The Morgan fingerprint density at radius 2 is 1.90 bits per heavy atom. The van der Waals surface area contributed by atoms with Crippen molar-refractivity contribution in [3.05, 3.63) is 23.7 Å². The summed E-state index contributed by atoms with van der Waals surface area (Å²) >= 11 is 1.47. The van der Waals surface area contributed by atoms with Crippen LogP contribution in [0.2, 0.25) is 0 Å². The molecule has 3 rings (SSSR count). The van der Waals surface area contributed by atoms with Gasteiger partial charge in [-0.15, -0.1) is 11.8 Å². The van der Waals surface area contributed by atoms with Crippen molar-refractivity contribution >= 4 is 28.4 Å². The number of rotatable bonds is 20. The van der Waals surface area contributed by atoms with Gasteiger partial charge >= 0.3 is 0 Å². The molecule has 0 radical (unpaired) electrons. The Hall–Kier alpha value is -2.12. The molecule has 1 aliphatic carbocycles. The largest absolute Gasteiger partial charge is 0.493 e. The summed E-state index contributed by atoms with van der Waals surface area (Å²) < 4.78 is 27.6. The van der Waals surface area contributed by atoms with Crippen molar-refractivity contribution in [2.45, 2.75) is 71.2 Å². The predicted octanol–water partition coefficient (Wildman–Crippen LogP) is 3.18. The maximum Gasteiger partial charge on any atom is 0.249 e. The molecule has 1 fully saturated rings. The molecule has 3 atom stereocenters. The maximum atomic E-state index is 13.4. The van der Waals surface area contributed by atoms with Gasteiger partial charge in [-0.25, -0.2) is 0 Å². The first kappa shape index (κ1) is 32.4. The van der Waals surface area contributed by atoms with E-state index in [9.17, 15) is 9.90 Å². The van der Waals surface area contributed by atoms with Crippen LogP contribution in [0, 0.1) is 5.92 Å². The second kappa shape index (κ2) is 17.0. The molecule has 3 aliphatic rings. The number of carbonyl (C=O) groups is 1. The first-order valence-corrected chi connectivity index (χ1v) is 15.2. The van der Waals surface area contributed by atoms with Gasteiger partial charge in [0, 0.05) is 24.5 Å². The summed E-state index contributed by atoms with van der Waals surface area (Å²) in [5.41, 5.74) is -0.363. The second-order valence-electron chi connectivity index (χ2n) is 10.1. The SMILES string of the molecule is CCC[C@@H](NC(=O)[C@]1(C)CSC(/C(C)=N/OCCOCCOCCOCC)=N1)C1=CC(OCC2CC2)=CC(O)O1. The van der Waals surface area contributed by atoms with Crippen molar-refractivity contribution in [2.75, 3.05) is 58.6 Å². The summed E-state index contributed by atoms with van der Waals surface area (Å²) in [6.07, 6.45) is 6.01. The molecule has 2 N–H and O–H groups in total. The lowest BCUT2D eigenvalue weighted by Crippen LogP contribution is -2.49. The average molecular weight is 584 g/mol. The Morgan fingerprint density at radius 3 is 2.58 bits per heavy atom. The first-order chi connectivity index (χ1) is 19.3. The van der Waals surface area contributed by atoms with E-state index in [1.807, 2.05) is 13.8 Å². The number of aliphatic imine (C=N–C) groups is 1. The molecular weight excluding hydrogens is 538 g/mol. The van der Waals surface area contributed by atoms with Crippen LogP contribution in [0.3, 0.4) is 0 Å². The fourth-order valence-electron chi connectivity index (χ4n) is 3.86. The molecule has 11 nitrogen and oxygen atoms in total. The highest BCUT2D eigenvalue weighted by Gasteiger charge is 2.40. The molecule has 1 saturated carbocycles. The number of aliphatic hydroxyl groups is 1. The minimum atomic E-state index is -1.11. The molecule has 0 aromatic heterocycles. The number of hydrogen-bond acceptors (Lipinski definition) is 11. The van der Waals surface area contributed by atoms with Gasteiger partial charge < -0.3 is 38.9 Å². The zero-order chi connectivity index (χ0) is 28.8. The first-order valence-electron chi connectivity index (χ1n) is 14.2. The van der Waals surface area contributed by atoms with E-state index in [1.165, 1.54) is 24.6 Å². The predicted molar refractivity (Wildman–Crippen MR) is 154 cm³/mol. The van der Waals surface area contributed by atoms with Gasteiger partial charge in [0.15, 0.2) is 0 Å². The highest BCUT2D eigenvalue weighted by Crippen LogP contribution is 2.32. The van der Waals surface area contributed by atoms with Crippen LogP contribution in [-0.4, -0.2) is 98.2 Å². The summed E-state index contributed by atoms with van der Waals surface area (Å²) in [6, 6.07) is -0.408. The molecule has 0 bridgehead atoms. The third-order valence-electron chi connectivity index (χ3n) is 6.36. The summed E-state index contributed by atoms with van der Waals surface area (Å²) in [5.74, 6) is 1.91. The molecule has 12 heteroatoms. The van der Waals surface area contributed by atoms with Crippen LogP contribution in [0.15, 0.2) is 33.8 Å². The number of nitrogens with one attached hydrogen (secondary N) is 1. The van der Waals surface area contributed by atoms with Gasteiger partial charge in [0.05, 0.1) is 45.7 Å². The number of hydrogen-bond donors (Lipinski definition) is 2. The third kappa shape index (κ3) is 11.0. The summed E-state index contributed by atoms with van der Waals surface area (Å²) in [7, 11) is 0. The van der Waals surface area contributed by atoms with E-state index >= 15 is 0 Å². The Balaban J connectivity index is 1.46. The number of aliphatic hydroxyl groups excluding tert-OH is 1. The lowest BCUT2D eigenvalue weighted by molar-refractivity contribution is -0.126. The molecule has 0 aromatic carbocycles. The lowest BCUT2D eigenvalue weighted by atomic mass is 10.0. The van der Waals surface area contributed by atoms with Crippen LogP contribution in [0.1, 0.15) is 53.4 Å². The Kier molecular flexibility index (Phi) is 13.8. The summed E-state index contributed by atoms with van der Waals surface area (Å²) in [4.78, 5) is 23.4.